The Morgan fingerprint density at radius 1 is 0.474 bits per heavy atom. The summed E-state index contributed by atoms with van der Waals surface area (Å²) in [7, 11) is 0. The van der Waals surface area contributed by atoms with Gasteiger partial charge in [-0.05, 0) is 80.9 Å². The summed E-state index contributed by atoms with van der Waals surface area (Å²) >= 11 is 0. The lowest BCUT2D eigenvalue weighted by Crippen LogP contribution is -2.40. The SMILES string of the molecule is C=N/C(=C\C)c1ccc(-c2nc(-c3ccccc3)nc(-c3cccc(-c4cccc5c4-c4ccccc4C54c5ccccc5C(C)(C)c5ccccc54)c3)n2)cc1. The number of hydrogen-bond donors (Lipinski definition) is 0. The molecule has 0 atom stereocenters. The van der Waals surface area contributed by atoms with Crippen LogP contribution in [0.25, 0.3) is 62.1 Å². The first-order chi connectivity index (χ1) is 27.9. The third-order valence-corrected chi connectivity index (χ3v) is 12.1. The molecule has 4 nitrogen and oxygen atoms in total. The van der Waals surface area contributed by atoms with Crippen molar-refractivity contribution in [3.05, 3.63) is 215 Å². The van der Waals surface area contributed by atoms with Crippen LogP contribution in [-0.4, -0.2) is 21.7 Å². The standard InChI is InChI=1S/C53H40N4/c1-5-47(54-4)34-29-31-36(32-30-34)50-55-49(35-17-7-6-8-18-35)56-51(57-50)38-20-15-19-37(33-38)39-22-16-28-46-48(39)40-21-9-10-23-41(40)53(46)44-26-13-11-24-42(44)52(2,3)43-25-12-14-27-45(43)53/h5-33H,4H2,1-3H3/b47-5-. The Morgan fingerprint density at radius 3 is 1.58 bits per heavy atom. The highest BCUT2D eigenvalue weighted by molar-refractivity contribution is 5.97. The van der Waals surface area contributed by atoms with Crippen LogP contribution < -0.4 is 0 Å². The van der Waals surface area contributed by atoms with Crippen LogP contribution >= 0.6 is 0 Å². The summed E-state index contributed by atoms with van der Waals surface area (Å²) in [4.78, 5) is 19.4. The monoisotopic (exact) mass is 732 g/mol. The van der Waals surface area contributed by atoms with Gasteiger partial charge in [0.25, 0.3) is 0 Å². The van der Waals surface area contributed by atoms with Gasteiger partial charge in [-0.2, -0.15) is 0 Å². The van der Waals surface area contributed by atoms with Crippen molar-refractivity contribution in [2.24, 2.45) is 4.99 Å². The third-order valence-electron chi connectivity index (χ3n) is 12.1. The minimum absolute atomic E-state index is 0.148. The van der Waals surface area contributed by atoms with Gasteiger partial charge in [-0.25, -0.2) is 15.0 Å². The molecule has 2 aliphatic carbocycles. The van der Waals surface area contributed by atoms with Crippen molar-refractivity contribution >= 4 is 12.4 Å². The fraction of sp³-hybridized carbons (Fsp3) is 0.0943. The van der Waals surface area contributed by atoms with Crippen molar-refractivity contribution in [2.45, 2.75) is 31.6 Å². The van der Waals surface area contributed by atoms with Crippen molar-refractivity contribution in [1.82, 2.24) is 15.0 Å². The van der Waals surface area contributed by atoms with Crippen molar-refractivity contribution in [3.8, 4) is 56.4 Å². The molecule has 4 heteroatoms. The number of aliphatic imine (C=N–C) groups is 1. The van der Waals surface area contributed by atoms with E-state index in [1.807, 2.05) is 67.6 Å². The van der Waals surface area contributed by atoms with Gasteiger partial charge in [0, 0.05) is 22.1 Å². The number of fused-ring (bicyclic) bond motifs is 9. The molecule has 8 aromatic rings. The van der Waals surface area contributed by atoms with Crippen LogP contribution in [0.4, 0.5) is 0 Å². The highest BCUT2D eigenvalue weighted by Gasteiger charge is 2.53. The van der Waals surface area contributed by atoms with Crippen LogP contribution in [0, 0.1) is 0 Å². The molecule has 0 unspecified atom stereocenters. The lowest BCUT2D eigenvalue weighted by atomic mass is 9.55. The van der Waals surface area contributed by atoms with E-state index in [2.05, 4.69) is 141 Å². The van der Waals surface area contributed by atoms with Gasteiger partial charge < -0.3 is 0 Å². The molecule has 1 heterocycles. The summed E-state index contributed by atoms with van der Waals surface area (Å²) in [5.74, 6) is 1.85. The normalized spacial score (nSPS) is 14.3. The second kappa shape index (κ2) is 13.3. The van der Waals surface area contributed by atoms with Gasteiger partial charge in [-0.1, -0.05) is 184 Å². The van der Waals surface area contributed by atoms with Crippen molar-refractivity contribution in [1.29, 1.82) is 0 Å². The molecule has 0 N–H and O–H groups in total. The first-order valence-corrected chi connectivity index (χ1v) is 19.5. The zero-order valence-electron chi connectivity index (χ0n) is 32.2. The Kier molecular flexibility index (Phi) is 8.05. The summed E-state index contributed by atoms with van der Waals surface area (Å²) in [6, 6.07) is 61.0. The molecule has 0 radical (unpaired) electrons. The summed E-state index contributed by atoms with van der Waals surface area (Å²) < 4.78 is 0. The van der Waals surface area contributed by atoms with Gasteiger partial charge in [0.05, 0.1) is 11.1 Å². The molecule has 0 fully saturated rings. The van der Waals surface area contributed by atoms with Crippen molar-refractivity contribution in [2.75, 3.05) is 0 Å². The van der Waals surface area contributed by atoms with E-state index in [1.54, 1.807) is 0 Å². The fourth-order valence-electron chi connectivity index (χ4n) is 9.47. The summed E-state index contributed by atoms with van der Waals surface area (Å²) in [5.41, 5.74) is 16.9. The Hall–Kier alpha value is -7.04. The minimum atomic E-state index is -0.457. The molecule has 0 aliphatic heterocycles. The molecule has 0 bridgehead atoms. The zero-order chi connectivity index (χ0) is 38.7. The quantitative estimate of drug-likeness (QED) is 0.160. The molecule has 0 amide bonds. The van der Waals surface area contributed by atoms with Gasteiger partial charge >= 0.3 is 0 Å². The summed E-state index contributed by atoms with van der Waals surface area (Å²) in [6.07, 6.45) is 1.96. The van der Waals surface area contributed by atoms with Crippen LogP contribution in [0.1, 0.15) is 59.7 Å². The van der Waals surface area contributed by atoms with Crippen LogP contribution in [-0.2, 0) is 10.8 Å². The van der Waals surface area contributed by atoms with Gasteiger partial charge in [0.2, 0.25) is 0 Å². The van der Waals surface area contributed by atoms with E-state index in [9.17, 15) is 0 Å². The molecule has 0 saturated carbocycles. The maximum absolute atomic E-state index is 5.12. The first kappa shape index (κ1) is 34.5. The molecule has 272 valence electrons. The molecule has 0 saturated heterocycles. The minimum Gasteiger partial charge on any atom is -0.264 e. The second-order valence-corrected chi connectivity index (χ2v) is 15.4. The lowest BCUT2D eigenvalue weighted by Gasteiger charge is -2.46. The number of nitrogens with zero attached hydrogens (tertiary/aromatic N) is 4. The summed E-state index contributed by atoms with van der Waals surface area (Å²) in [6.45, 7) is 10.4. The highest BCUT2D eigenvalue weighted by Crippen LogP contribution is 2.63. The topological polar surface area (TPSA) is 51.0 Å². The second-order valence-electron chi connectivity index (χ2n) is 15.4. The summed E-state index contributed by atoms with van der Waals surface area (Å²) in [5, 5.41) is 0. The van der Waals surface area contributed by atoms with E-state index in [-0.39, 0.29) is 5.41 Å². The maximum atomic E-state index is 5.12. The van der Waals surface area contributed by atoms with E-state index >= 15 is 0 Å². The fourth-order valence-corrected chi connectivity index (χ4v) is 9.47. The largest absolute Gasteiger partial charge is 0.264 e. The molecular formula is C53H40N4. The molecule has 2 aliphatic rings. The van der Waals surface area contributed by atoms with Gasteiger partial charge in [-0.3, -0.25) is 4.99 Å². The number of rotatable bonds is 6. The molecule has 1 aromatic heterocycles. The van der Waals surface area contributed by atoms with E-state index in [0.29, 0.717) is 17.5 Å². The average Bonchev–Trinajstić information content (AvgIpc) is 3.58. The van der Waals surface area contributed by atoms with Crippen LogP contribution in [0.5, 0.6) is 0 Å². The van der Waals surface area contributed by atoms with Crippen molar-refractivity contribution in [3.63, 3.8) is 0 Å². The predicted molar refractivity (Wildman–Crippen MR) is 234 cm³/mol. The Labute approximate surface area is 334 Å². The van der Waals surface area contributed by atoms with Gasteiger partial charge in [-0.15, -0.1) is 0 Å². The average molecular weight is 733 g/mol. The van der Waals surface area contributed by atoms with E-state index in [1.165, 1.54) is 50.1 Å². The number of allylic oxidation sites excluding steroid dienone is 1. The highest BCUT2D eigenvalue weighted by atomic mass is 15.0. The third kappa shape index (κ3) is 5.21. The van der Waals surface area contributed by atoms with Crippen LogP contribution in [0.15, 0.2) is 181 Å². The van der Waals surface area contributed by atoms with E-state index in [0.717, 1.165) is 33.5 Å². The lowest BCUT2D eigenvalue weighted by molar-refractivity contribution is 0.563. The molecular weight excluding hydrogens is 693 g/mol. The van der Waals surface area contributed by atoms with Crippen molar-refractivity contribution < 1.29 is 0 Å². The number of aromatic nitrogens is 3. The van der Waals surface area contributed by atoms with E-state index < -0.39 is 5.41 Å². The smallest absolute Gasteiger partial charge is 0.164 e. The molecule has 10 rings (SSSR count). The predicted octanol–water partition coefficient (Wildman–Crippen LogP) is 12.6. The molecule has 57 heavy (non-hydrogen) atoms. The number of hydrogen-bond acceptors (Lipinski definition) is 4. The Balaban J connectivity index is 1.16. The zero-order valence-corrected chi connectivity index (χ0v) is 32.2. The van der Waals surface area contributed by atoms with Crippen LogP contribution in [0.2, 0.25) is 0 Å². The Morgan fingerprint density at radius 2 is 0.947 bits per heavy atom. The maximum Gasteiger partial charge on any atom is 0.164 e. The van der Waals surface area contributed by atoms with Gasteiger partial charge in [0.15, 0.2) is 17.5 Å². The van der Waals surface area contributed by atoms with Gasteiger partial charge in [0.1, 0.15) is 0 Å². The Bertz CT molecular complexity index is 2850. The number of benzene rings is 7. The first-order valence-electron chi connectivity index (χ1n) is 19.5. The van der Waals surface area contributed by atoms with E-state index in [4.69, 9.17) is 15.0 Å². The van der Waals surface area contributed by atoms with Crippen LogP contribution in [0.3, 0.4) is 0 Å². The molecule has 7 aromatic carbocycles. The molecule has 1 spiro atoms.